The molecule has 16 rings (SSSR count). The number of nitrogens with one attached hydrogen (secondary N) is 6. The number of benzene rings is 9. The van der Waals surface area contributed by atoms with Gasteiger partial charge in [0.05, 0.1) is 71.7 Å². The number of aliphatic hydroxyl groups is 3. The van der Waals surface area contributed by atoms with Crippen LogP contribution < -0.4 is 31.9 Å². The minimum atomic E-state index is -0.458. The number of hydrogen-bond donors (Lipinski definition) is 9. The second-order valence-electron chi connectivity index (χ2n) is 39.5. The van der Waals surface area contributed by atoms with Gasteiger partial charge < -0.3 is 76.6 Å². The monoisotopic (exact) mass is 2020 g/mol. The molecule has 784 valence electrons. The van der Waals surface area contributed by atoms with E-state index in [9.17, 15) is 58.5 Å². The van der Waals surface area contributed by atoms with Gasteiger partial charge in [-0.2, -0.15) is 15.3 Å². The first-order valence-electron chi connectivity index (χ1n) is 53.1. The van der Waals surface area contributed by atoms with Crippen LogP contribution >= 0.6 is 0 Å². The van der Waals surface area contributed by atoms with E-state index in [1.165, 1.54) is 5.56 Å². The maximum absolute atomic E-state index is 14.7. The Hall–Kier alpha value is -14.9. The fourth-order valence-corrected chi connectivity index (χ4v) is 19.9. The lowest BCUT2D eigenvalue weighted by Crippen LogP contribution is -2.46. The van der Waals surface area contributed by atoms with Crippen LogP contribution in [0.4, 0.5) is 42.8 Å². The summed E-state index contributed by atoms with van der Waals surface area (Å²) < 4.78 is 4.91. The number of hydrogen-bond acceptors (Lipinski definition) is 15. The van der Waals surface area contributed by atoms with Crippen molar-refractivity contribution in [1.82, 2.24) is 64.1 Å². The van der Waals surface area contributed by atoms with Crippen molar-refractivity contribution in [2.45, 2.75) is 248 Å². The summed E-state index contributed by atoms with van der Waals surface area (Å²) in [7, 11) is 0. The number of nitrogens with zero attached hydrogens (tertiary/aromatic N) is 12. The summed E-state index contributed by atoms with van der Waals surface area (Å²) in [5.74, 6) is -1.29. The Morgan fingerprint density at radius 1 is 0.329 bits per heavy atom. The normalized spacial score (nSPS) is 14.5. The van der Waals surface area contributed by atoms with Crippen molar-refractivity contribution in [3.05, 3.63) is 325 Å². The number of anilines is 5. The van der Waals surface area contributed by atoms with E-state index in [-0.39, 0.29) is 72.9 Å². The number of urea groups is 3. The Labute approximate surface area is 875 Å². The van der Waals surface area contributed by atoms with Gasteiger partial charge in [-0.05, 0) is 252 Å². The Morgan fingerprint density at radius 2 is 0.631 bits per heavy atom. The SMILES string of the molecule is CCCCN(CCCC)C(=O)c1cc(C)n(-c2ccc(NC(=O)NC3CCCC3)cc2C(=O)N2Cc3ccccc3C[C@H]2CO)n1.CCCCN(CCCC)C(=O)c1cc(C)n(-c2ccc(NC(=O)Nc3c(C)cccc3C)cc2C(=O)N2Cc3ccccc3C[C@H]2CO)n1.CCCCN(CCCC)C(=O)c1cc(C)n(-c2ccc(NC(=O)Nc3cccc(Cc4ccccc4)c3)cc2C(=O)N2Cc3ccccc3C[C@H]2CO)n1. The number of para-hydroxylation sites is 1. The van der Waals surface area contributed by atoms with E-state index in [2.05, 4.69) is 85.6 Å². The standard InChI is InChI=1S/C44H50N6O4.C39H48N6O4.C36H48N6O4/c1-4-6-22-48(23-7-5-2)43(53)40-24-31(3)50(47-40)41-21-20-37(28-39(41)42(52)49-29-35-18-12-11-17-34(35)27-38(49)30-51)46-44(54)45-36-19-13-16-33(26-36)25-32-14-9-8-10-15-32;1-6-8-19-43(20-9-7-2)38(48)34-21-28(5)45(42-34)35-18-17-31(40-39(49)41-36-26(3)13-12-14-27(36)4)23-33(35)37(47)44-24-30-16-11-10-15-29(30)22-32(44)25-46;1-4-6-18-40(19-7-5-2)35(45)32-20-25(3)42(39-32)33-17-16-29(38-36(46)37-28-14-10-11-15-28)22-31(33)34(44)41-23-27-13-9-8-12-26(27)21-30(41)24-43/h8-21,24,26,28,38,51H,4-7,22-23,25,27,29-30H2,1-3H3,(H2,45,46,54);10-18,21,23,32,46H,6-9,19-20,22,24-25H2,1-5H3,(H2,40,41,49);8-9,12-13,16-17,20,22,28,30,43H,4-7,10-11,14-15,18-19,21,23-24H2,1-3H3,(H2,37,38,46)/t38-;32-;30-/m000/s1. The first kappa shape index (κ1) is 110. The van der Waals surface area contributed by atoms with E-state index < -0.39 is 30.2 Å². The van der Waals surface area contributed by atoms with Gasteiger partial charge in [-0.1, -0.05) is 226 Å². The molecule has 9 aromatic carbocycles. The fraction of sp³-hybridized carbons (Fsp3) is 0.395. The van der Waals surface area contributed by atoms with Crippen LogP contribution in [0.15, 0.2) is 218 Å². The number of aryl methyl sites for hydroxylation is 5. The largest absolute Gasteiger partial charge is 0.394 e. The smallest absolute Gasteiger partial charge is 0.323 e. The number of carbonyl (C=O) groups excluding carboxylic acids is 9. The highest BCUT2D eigenvalue weighted by Crippen LogP contribution is 2.36. The van der Waals surface area contributed by atoms with Gasteiger partial charge in [0.15, 0.2) is 17.1 Å². The number of unbranched alkanes of at least 4 members (excludes halogenated alkanes) is 6. The average Bonchev–Trinajstić information content (AvgIpc) is 1.76. The van der Waals surface area contributed by atoms with Crippen molar-refractivity contribution in [3.63, 3.8) is 0 Å². The van der Waals surface area contributed by atoms with Crippen molar-refractivity contribution in [2.24, 2.45) is 0 Å². The third-order valence-electron chi connectivity index (χ3n) is 28.3. The molecule has 0 spiro atoms. The zero-order valence-electron chi connectivity index (χ0n) is 88.1. The number of aromatic nitrogens is 6. The maximum atomic E-state index is 14.7. The van der Waals surface area contributed by atoms with E-state index in [0.29, 0.717) is 163 Å². The summed E-state index contributed by atoms with van der Waals surface area (Å²) in [6.45, 7) is 26.5. The van der Waals surface area contributed by atoms with Gasteiger partial charge in [0.2, 0.25) is 0 Å². The van der Waals surface area contributed by atoms with Crippen LogP contribution in [0.5, 0.6) is 0 Å². The molecule has 1 saturated carbocycles. The van der Waals surface area contributed by atoms with Gasteiger partial charge >= 0.3 is 18.1 Å². The molecule has 9 N–H and O–H groups in total. The summed E-state index contributed by atoms with van der Waals surface area (Å²) in [5, 5.41) is 63.1. The Kier molecular flexibility index (Phi) is 39.2. The van der Waals surface area contributed by atoms with Gasteiger partial charge in [-0.3, -0.25) is 28.8 Å². The second-order valence-corrected chi connectivity index (χ2v) is 39.5. The molecule has 6 heterocycles. The number of rotatable bonds is 38. The van der Waals surface area contributed by atoms with Crippen molar-refractivity contribution < 1.29 is 58.5 Å². The Morgan fingerprint density at radius 3 is 0.966 bits per heavy atom. The lowest BCUT2D eigenvalue weighted by molar-refractivity contribution is 0.0539. The first-order chi connectivity index (χ1) is 72.2. The topological polar surface area (TPSA) is 359 Å². The molecular weight excluding hydrogens is 1870 g/mol. The highest BCUT2D eigenvalue weighted by molar-refractivity contribution is 6.06. The summed E-state index contributed by atoms with van der Waals surface area (Å²) in [6.07, 6.45) is 17.8. The van der Waals surface area contributed by atoms with Crippen LogP contribution in [-0.2, 0) is 45.3 Å². The van der Waals surface area contributed by atoms with Crippen molar-refractivity contribution in [3.8, 4) is 17.1 Å². The van der Waals surface area contributed by atoms with Crippen molar-refractivity contribution in [1.29, 1.82) is 0 Å². The van der Waals surface area contributed by atoms with Gasteiger partial charge in [0.1, 0.15) is 0 Å². The van der Waals surface area contributed by atoms with E-state index in [1.807, 2.05) is 183 Å². The Balaban J connectivity index is 0.000000177. The summed E-state index contributed by atoms with van der Waals surface area (Å²) in [5.41, 5.74) is 18.6. The van der Waals surface area contributed by atoms with E-state index in [4.69, 9.17) is 15.3 Å². The van der Waals surface area contributed by atoms with Gasteiger partial charge in [-0.25, -0.2) is 28.4 Å². The van der Waals surface area contributed by atoms with Crippen molar-refractivity contribution >= 4 is 82.0 Å². The zero-order chi connectivity index (χ0) is 106. The maximum Gasteiger partial charge on any atom is 0.323 e. The van der Waals surface area contributed by atoms with Gasteiger partial charge in [0.25, 0.3) is 35.4 Å². The molecule has 149 heavy (non-hydrogen) atoms. The highest BCUT2D eigenvalue weighted by atomic mass is 16.3. The first-order valence-corrected chi connectivity index (χ1v) is 53.1. The molecule has 0 saturated heterocycles. The predicted octanol–water partition coefficient (Wildman–Crippen LogP) is 20.9. The van der Waals surface area contributed by atoms with E-state index in [1.54, 1.807) is 102 Å². The molecule has 0 unspecified atom stereocenters. The predicted molar refractivity (Wildman–Crippen MR) is 586 cm³/mol. The molecule has 12 aromatic rings. The lowest BCUT2D eigenvalue weighted by atomic mass is 9.93. The van der Waals surface area contributed by atoms with Crippen LogP contribution in [0.1, 0.15) is 280 Å². The molecule has 4 aliphatic rings. The lowest BCUT2D eigenvalue weighted by Gasteiger charge is -2.36. The number of amides is 12. The third-order valence-corrected chi connectivity index (χ3v) is 28.3. The number of carbonyl (C=O) groups is 9. The molecule has 3 atom stereocenters. The van der Waals surface area contributed by atoms with Crippen molar-refractivity contribution in [2.75, 3.05) is 85.7 Å². The fourth-order valence-electron chi connectivity index (χ4n) is 19.9. The molecule has 3 aromatic heterocycles. The molecule has 12 amide bonds. The molecule has 1 fully saturated rings. The van der Waals surface area contributed by atoms with Crippen LogP contribution in [-0.4, -0.2) is 211 Å². The zero-order valence-corrected chi connectivity index (χ0v) is 88.1. The Bertz CT molecular complexity index is 6620. The summed E-state index contributed by atoms with van der Waals surface area (Å²) in [4.78, 5) is 135. The van der Waals surface area contributed by atoms with E-state index in [0.717, 1.165) is 165 Å². The molecule has 0 bridgehead atoms. The molecular formula is C119H146N18O12. The molecule has 1 aliphatic carbocycles. The minimum Gasteiger partial charge on any atom is -0.394 e. The van der Waals surface area contributed by atoms with Crippen LogP contribution in [0.2, 0.25) is 0 Å². The minimum absolute atomic E-state index is 0.119. The second kappa shape index (κ2) is 53.1. The number of aliphatic hydroxyl groups excluding tert-OH is 3. The van der Waals surface area contributed by atoms with Crippen LogP contribution in [0.3, 0.4) is 0 Å². The van der Waals surface area contributed by atoms with Gasteiger partial charge in [0, 0.05) is 110 Å². The highest BCUT2D eigenvalue weighted by Gasteiger charge is 2.38. The summed E-state index contributed by atoms with van der Waals surface area (Å²) in [6, 6.07) is 65.9. The van der Waals surface area contributed by atoms with E-state index >= 15 is 0 Å². The third kappa shape index (κ3) is 28.0. The number of fused-ring (bicyclic) bond motifs is 3. The van der Waals surface area contributed by atoms with Gasteiger partial charge in [-0.15, -0.1) is 0 Å². The van der Waals surface area contributed by atoms with Crippen LogP contribution in [0, 0.1) is 34.6 Å². The summed E-state index contributed by atoms with van der Waals surface area (Å²) >= 11 is 0. The molecule has 30 nitrogen and oxygen atoms in total. The molecule has 3 aliphatic heterocycles. The quantitative estimate of drug-likeness (QED) is 0.0174. The van der Waals surface area contributed by atoms with Crippen LogP contribution in [0.25, 0.3) is 17.1 Å². The molecule has 0 radical (unpaired) electrons. The average molecular weight is 2020 g/mol. The molecule has 30 heteroatoms.